The van der Waals surface area contributed by atoms with E-state index in [1.54, 1.807) is 0 Å². The fourth-order valence-corrected chi connectivity index (χ4v) is 2.75. The highest BCUT2D eigenvalue weighted by Crippen LogP contribution is 2.20. The van der Waals surface area contributed by atoms with Gasteiger partial charge < -0.3 is 0 Å². The Bertz CT molecular complexity index is 981. The lowest BCUT2D eigenvalue weighted by Crippen LogP contribution is -1.82. The zero-order chi connectivity index (χ0) is 18.9. The first-order valence-electron chi connectivity index (χ1n) is 9.59. The molecule has 0 aromatic heterocycles. The molecule has 132 valence electrons. The van der Waals surface area contributed by atoms with Crippen molar-refractivity contribution in [3.8, 4) is 34.8 Å². The van der Waals surface area contributed by atoms with Gasteiger partial charge in [-0.15, -0.1) is 0 Å². The van der Waals surface area contributed by atoms with Gasteiger partial charge in [0.1, 0.15) is 0 Å². The van der Waals surface area contributed by atoms with Crippen LogP contribution in [0.3, 0.4) is 0 Å². The lowest BCUT2D eigenvalue weighted by molar-refractivity contribution is 0.983. The molecule has 0 heteroatoms. The molecule has 0 saturated heterocycles. The number of unbranched alkanes of at least 4 members (excludes halogenated alkanes) is 1. The second-order valence-corrected chi connectivity index (χ2v) is 6.51. The minimum absolute atomic E-state index is 0.945. The monoisotopic (exact) mass is 348 g/mol. The Morgan fingerprint density at radius 1 is 0.556 bits per heavy atom. The molecule has 0 aliphatic heterocycles. The zero-order valence-corrected chi connectivity index (χ0v) is 16.0. The molecule has 0 N–H and O–H groups in total. The Morgan fingerprint density at radius 3 is 1.48 bits per heavy atom. The number of hydrogen-bond acceptors (Lipinski definition) is 0. The van der Waals surface area contributed by atoms with E-state index in [9.17, 15) is 0 Å². The topological polar surface area (TPSA) is 0 Å². The van der Waals surface area contributed by atoms with Crippen LogP contribution in [0.1, 0.15) is 48.9 Å². The second kappa shape index (κ2) is 9.47. The Balaban J connectivity index is 1.69. The van der Waals surface area contributed by atoms with E-state index in [1.807, 2.05) is 24.3 Å². The summed E-state index contributed by atoms with van der Waals surface area (Å²) >= 11 is 0. The predicted octanol–water partition coefficient (Wildman–Crippen LogP) is 6.47. The van der Waals surface area contributed by atoms with Crippen LogP contribution in [0.2, 0.25) is 0 Å². The summed E-state index contributed by atoms with van der Waals surface area (Å²) in [4.78, 5) is 0. The first-order chi connectivity index (χ1) is 13.3. The van der Waals surface area contributed by atoms with Crippen LogP contribution in [0.25, 0.3) is 11.1 Å². The Hall–Kier alpha value is -3.22. The summed E-state index contributed by atoms with van der Waals surface area (Å²) in [5.74, 6) is 12.8. The van der Waals surface area contributed by atoms with Crippen molar-refractivity contribution in [1.82, 2.24) is 0 Å². The van der Waals surface area contributed by atoms with Crippen molar-refractivity contribution in [2.24, 2.45) is 0 Å². The normalized spacial score (nSPS) is 9.70. The van der Waals surface area contributed by atoms with E-state index >= 15 is 0 Å². The summed E-state index contributed by atoms with van der Waals surface area (Å²) in [5, 5.41) is 0. The molecule has 3 aromatic rings. The van der Waals surface area contributed by atoms with E-state index in [2.05, 4.69) is 86.1 Å². The first kappa shape index (κ1) is 18.6. The van der Waals surface area contributed by atoms with Crippen molar-refractivity contribution < 1.29 is 0 Å². The van der Waals surface area contributed by atoms with Crippen molar-refractivity contribution >= 4 is 0 Å². The summed E-state index contributed by atoms with van der Waals surface area (Å²) in [6.07, 6.45) is 3.11. The highest BCUT2D eigenvalue weighted by molar-refractivity contribution is 5.64. The first-order valence-corrected chi connectivity index (χ1v) is 9.59. The van der Waals surface area contributed by atoms with E-state index in [0.29, 0.717) is 0 Å². The van der Waals surface area contributed by atoms with E-state index in [0.717, 1.165) is 36.0 Å². The van der Waals surface area contributed by atoms with Crippen LogP contribution in [0, 0.1) is 23.7 Å². The molecule has 0 amide bonds. The minimum Gasteiger partial charge on any atom is -0.0979 e. The zero-order valence-electron chi connectivity index (χ0n) is 16.0. The van der Waals surface area contributed by atoms with Crippen molar-refractivity contribution in [3.05, 3.63) is 95.1 Å². The van der Waals surface area contributed by atoms with Crippen molar-refractivity contribution in [2.75, 3.05) is 0 Å². The molecule has 0 atom stereocenters. The van der Waals surface area contributed by atoms with E-state index in [-0.39, 0.29) is 0 Å². The summed E-state index contributed by atoms with van der Waals surface area (Å²) < 4.78 is 0. The Kier molecular flexibility index (Phi) is 6.51. The molecule has 0 aliphatic carbocycles. The number of rotatable bonds is 3. The molecule has 27 heavy (non-hydrogen) atoms. The van der Waals surface area contributed by atoms with E-state index < -0.39 is 0 Å². The highest BCUT2D eigenvalue weighted by atomic mass is 14.0. The third kappa shape index (κ3) is 5.37. The van der Waals surface area contributed by atoms with Crippen molar-refractivity contribution in [2.45, 2.75) is 33.1 Å². The summed E-state index contributed by atoms with van der Waals surface area (Å²) in [7, 11) is 0. The van der Waals surface area contributed by atoms with Gasteiger partial charge in [-0.2, -0.15) is 0 Å². The molecule has 0 nitrogen and oxygen atoms in total. The number of aryl methyl sites for hydroxylation is 1. The lowest BCUT2D eigenvalue weighted by atomic mass is 10.0. The predicted molar refractivity (Wildman–Crippen MR) is 115 cm³/mol. The van der Waals surface area contributed by atoms with E-state index in [4.69, 9.17) is 0 Å². The van der Waals surface area contributed by atoms with Crippen LogP contribution in [0.5, 0.6) is 0 Å². The summed E-state index contributed by atoms with van der Waals surface area (Å²) in [6.45, 7) is 4.32. The molecular formula is C27H24. The minimum atomic E-state index is 0.945. The fraction of sp³-hybridized carbons (Fsp3) is 0.185. The molecule has 0 spiro atoms. The summed E-state index contributed by atoms with van der Waals surface area (Å²) in [6, 6.07) is 25.3. The maximum Gasteiger partial charge on any atom is 0.0249 e. The van der Waals surface area contributed by atoms with Gasteiger partial charge in [-0.25, -0.2) is 0 Å². The van der Waals surface area contributed by atoms with Crippen LogP contribution in [0.15, 0.2) is 72.8 Å². The highest BCUT2D eigenvalue weighted by Gasteiger charge is 1.98. The Morgan fingerprint density at radius 2 is 1.00 bits per heavy atom. The molecule has 0 aliphatic rings. The molecule has 0 unspecified atom stereocenters. The smallest absolute Gasteiger partial charge is 0.0249 e. The molecule has 3 rings (SSSR count). The molecule has 0 bridgehead atoms. The fourth-order valence-electron chi connectivity index (χ4n) is 2.75. The van der Waals surface area contributed by atoms with Crippen molar-refractivity contribution in [3.63, 3.8) is 0 Å². The number of benzene rings is 3. The average molecular weight is 348 g/mol. The van der Waals surface area contributed by atoms with Gasteiger partial charge in [-0.3, -0.25) is 0 Å². The van der Waals surface area contributed by atoms with Crippen LogP contribution in [0.4, 0.5) is 0 Å². The molecule has 0 fully saturated rings. The lowest BCUT2D eigenvalue weighted by Gasteiger charge is -2.03. The van der Waals surface area contributed by atoms with E-state index in [1.165, 1.54) is 16.7 Å². The van der Waals surface area contributed by atoms with Gasteiger partial charge in [-0.1, -0.05) is 73.9 Å². The molecular weight excluding hydrogens is 324 g/mol. The number of hydrogen-bond donors (Lipinski definition) is 0. The largest absolute Gasteiger partial charge is 0.0979 e. The molecule has 0 radical (unpaired) electrons. The molecule has 0 heterocycles. The standard InChI is InChI=1S/C27H24/c1-3-5-6-7-23-8-10-24(11-9-23)12-13-25-16-20-27(21-17-25)26-18-14-22(4-2)15-19-26/h8-11,14-21H,3-5H2,1-2H3. The maximum absolute atomic E-state index is 3.24. The van der Waals surface area contributed by atoms with Gasteiger partial charge >= 0.3 is 0 Å². The van der Waals surface area contributed by atoms with Gasteiger partial charge in [0, 0.05) is 23.1 Å². The van der Waals surface area contributed by atoms with Crippen LogP contribution < -0.4 is 0 Å². The van der Waals surface area contributed by atoms with Gasteiger partial charge in [-0.05, 0) is 65.9 Å². The third-order valence-electron chi connectivity index (χ3n) is 4.42. The second-order valence-electron chi connectivity index (χ2n) is 6.51. The Labute approximate surface area is 163 Å². The van der Waals surface area contributed by atoms with Crippen LogP contribution in [-0.4, -0.2) is 0 Å². The summed E-state index contributed by atoms with van der Waals surface area (Å²) in [5.41, 5.74) is 6.91. The quantitative estimate of drug-likeness (QED) is 0.476. The van der Waals surface area contributed by atoms with Crippen LogP contribution >= 0.6 is 0 Å². The van der Waals surface area contributed by atoms with Crippen LogP contribution in [-0.2, 0) is 6.42 Å². The van der Waals surface area contributed by atoms with Gasteiger partial charge in [0.2, 0.25) is 0 Å². The van der Waals surface area contributed by atoms with Gasteiger partial charge in [0.25, 0.3) is 0 Å². The molecule has 3 aromatic carbocycles. The SMILES string of the molecule is CCCC#Cc1ccc(C#Cc2ccc(-c3ccc(CC)cc3)cc2)cc1. The van der Waals surface area contributed by atoms with Gasteiger partial charge in [0.05, 0.1) is 0 Å². The molecule has 0 saturated carbocycles. The average Bonchev–Trinajstić information content (AvgIpc) is 2.74. The van der Waals surface area contributed by atoms with Gasteiger partial charge in [0.15, 0.2) is 0 Å². The maximum atomic E-state index is 3.24. The third-order valence-corrected chi connectivity index (χ3v) is 4.42. The van der Waals surface area contributed by atoms with Crippen molar-refractivity contribution in [1.29, 1.82) is 0 Å².